The van der Waals surface area contributed by atoms with Gasteiger partial charge in [0, 0.05) is 30.9 Å². The molecule has 0 atom stereocenters. The molecule has 0 radical (unpaired) electrons. The molecule has 0 bridgehead atoms. The lowest BCUT2D eigenvalue weighted by atomic mass is 10.1. The second kappa shape index (κ2) is 12.4. The highest BCUT2D eigenvalue weighted by Crippen LogP contribution is 2.35. The van der Waals surface area contributed by atoms with Gasteiger partial charge in [-0.15, -0.1) is 10.2 Å². The van der Waals surface area contributed by atoms with Gasteiger partial charge in [0.15, 0.2) is 11.6 Å². The summed E-state index contributed by atoms with van der Waals surface area (Å²) in [4.78, 5) is 53.8. The van der Waals surface area contributed by atoms with E-state index in [9.17, 15) is 24.5 Å². The van der Waals surface area contributed by atoms with Crippen LogP contribution in [0.4, 0.5) is 37.4 Å². The van der Waals surface area contributed by atoms with Crippen LogP contribution in [0.5, 0.6) is 0 Å². The van der Waals surface area contributed by atoms with E-state index >= 15 is 0 Å². The predicted octanol–water partition coefficient (Wildman–Crippen LogP) is 5.99. The number of carbonyl (C=O) groups is 3. The van der Waals surface area contributed by atoms with Crippen LogP contribution in [0.1, 0.15) is 67.9 Å². The predicted molar refractivity (Wildman–Crippen MR) is 159 cm³/mol. The number of nitrogens with zero attached hydrogens (tertiary/aromatic N) is 6. The van der Waals surface area contributed by atoms with Crippen LogP contribution in [0.2, 0.25) is 0 Å². The molecular weight excluding hydrogens is 560 g/mol. The molecule has 0 unspecified atom stereocenters. The number of nitro groups is 1. The lowest BCUT2D eigenvalue weighted by molar-refractivity contribution is -0.384. The van der Waals surface area contributed by atoms with E-state index in [2.05, 4.69) is 10.2 Å². The fraction of sp³-hybridized carbons (Fsp3) is 0.552. The number of benzene rings is 1. The highest BCUT2D eigenvalue weighted by molar-refractivity contribution is 5.89. The zero-order chi connectivity index (χ0) is 32.3. The van der Waals surface area contributed by atoms with E-state index in [0.717, 1.165) is 16.2 Å². The van der Waals surface area contributed by atoms with Crippen LogP contribution in [-0.2, 0) is 20.6 Å². The van der Waals surface area contributed by atoms with Crippen molar-refractivity contribution in [1.82, 2.24) is 15.1 Å². The Labute approximate surface area is 251 Å². The average Bonchev–Trinajstić information content (AvgIpc) is 3.26. The number of anilines is 3. The Hall–Kier alpha value is -4.49. The van der Waals surface area contributed by atoms with Gasteiger partial charge in [-0.25, -0.2) is 19.3 Å². The SMILES string of the molecule is CC(C)(C)OC(=O)N(CCN(C(=O)OC(C)(C)C)c1ccc(N2CCc3cc([N+](=O)[O-])ccc32)nn1)C(=O)OC(C)(C)C. The third kappa shape index (κ3) is 9.25. The van der Waals surface area contributed by atoms with E-state index in [1.165, 1.54) is 11.0 Å². The molecule has 14 nitrogen and oxygen atoms in total. The van der Waals surface area contributed by atoms with Crippen molar-refractivity contribution in [2.45, 2.75) is 85.5 Å². The number of rotatable bonds is 6. The third-order valence-electron chi connectivity index (χ3n) is 5.75. The summed E-state index contributed by atoms with van der Waals surface area (Å²) in [6.07, 6.45) is -2.03. The van der Waals surface area contributed by atoms with E-state index in [1.54, 1.807) is 86.6 Å². The van der Waals surface area contributed by atoms with Crippen molar-refractivity contribution in [3.05, 3.63) is 46.0 Å². The average molecular weight is 601 g/mol. The summed E-state index contributed by atoms with van der Waals surface area (Å²) >= 11 is 0. The molecule has 0 aliphatic carbocycles. The second-order valence-corrected chi connectivity index (χ2v) is 13.0. The van der Waals surface area contributed by atoms with E-state index in [0.29, 0.717) is 18.8 Å². The van der Waals surface area contributed by atoms with Crippen molar-refractivity contribution in [3.8, 4) is 0 Å². The molecule has 1 aromatic carbocycles. The molecule has 0 saturated carbocycles. The van der Waals surface area contributed by atoms with Gasteiger partial charge in [-0.3, -0.25) is 15.0 Å². The number of hydrogen-bond donors (Lipinski definition) is 0. The van der Waals surface area contributed by atoms with Gasteiger partial charge in [0.05, 0.1) is 11.5 Å². The van der Waals surface area contributed by atoms with Crippen LogP contribution < -0.4 is 9.80 Å². The fourth-order valence-corrected chi connectivity index (χ4v) is 4.05. The van der Waals surface area contributed by atoms with Gasteiger partial charge in [-0.1, -0.05) is 0 Å². The highest BCUT2D eigenvalue weighted by atomic mass is 16.6. The summed E-state index contributed by atoms with van der Waals surface area (Å²) in [5, 5.41) is 19.7. The van der Waals surface area contributed by atoms with Gasteiger partial charge < -0.3 is 19.1 Å². The number of aromatic nitrogens is 2. The lowest BCUT2D eigenvalue weighted by Crippen LogP contribution is -2.48. The normalized spacial score (nSPS) is 13.2. The summed E-state index contributed by atoms with van der Waals surface area (Å²) < 4.78 is 16.4. The molecule has 14 heteroatoms. The maximum Gasteiger partial charge on any atom is 0.419 e. The molecular formula is C29H40N6O8. The van der Waals surface area contributed by atoms with E-state index < -0.39 is 40.0 Å². The Morgan fingerprint density at radius 1 is 0.837 bits per heavy atom. The van der Waals surface area contributed by atoms with Gasteiger partial charge in [-0.2, -0.15) is 0 Å². The Balaban J connectivity index is 1.88. The van der Waals surface area contributed by atoms with Gasteiger partial charge >= 0.3 is 18.3 Å². The topological polar surface area (TPSA) is 158 Å². The van der Waals surface area contributed by atoms with Crippen molar-refractivity contribution in [2.75, 3.05) is 29.4 Å². The first-order valence-electron chi connectivity index (χ1n) is 13.9. The maximum absolute atomic E-state index is 13.3. The summed E-state index contributed by atoms with van der Waals surface area (Å²) in [5.74, 6) is 0.596. The highest BCUT2D eigenvalue weighted by Gasteiger charge is 2.33. The van der Waals surface area contributed by atoms with Crippen LogP contribution in [0.3, 0.4) is 0 Å². The molecule has 0 N–H and O–H groups in total. The van der Waals surface area contributed by atoms with E-state index in [-0.39, 0.29) is 24.6 Å². The molecule has 0 spiro atoms. The molecule has 2 heterocycles. The molecule has 1 aliphatic rings. The zero-order valence-electron chi connectivity index (χ0n) is 26.2. The Morgan fingerprint density at radius 2 is 1.40 bits per heavy atom. The number of imide groups is 1. The van der Waals surface area contributed by atoms with Gasteiger partial charge in [0.25, 0.3) is 5.69 Å². The first-order valence-corrected chi connectivity index (χ1v) is 13.9. The lowest BCUT2D eigenvalue weighted by Gasteiger charge is -2.31. The van der Waals surface area contributed by atoms with Crippen LogP contribution in [0.25, 0.3) is 0 Å². The second-order valence-electron chi connectivity index (χ2n) is 13.0. The Morgan fingerprint density at radius 3 is 1.88 bits per heavy atom. The minimum absolute atomic E-state index is 0.0156. The summed E-state index contributed by atoms with van der Waals surface area (Å²) in [7, 11) is 0. The quantitative estimate of drug-likeness (QED) is 0.218. The van der Waals surface area contributed by atoms with Gasteiger partial charge in [0.2, 0.25) is 0 Å². The molecule has 3 amide bonds. The monoisotopic (exact) mass is 600 g/mol. The minimum Gasteiger partial charge on any atom is -0.443 e. The summed E-state index contributed by atoms with van der Waals surface area (Å²) in [6, 6.07) is 7.88. The first-order chi connectivity index (χ1) is 19.7. The molecule has 2 aromatic rings. The molecule has 3 rings (SSSR count). The van der Waals surface area contributed by atoms with Crippen LogP contribution in [0, 0.1) is 10.1 Å². The number of carbonyl (C=O) groups excluding carboxylic acids is 3. The van der Waals surface area contributed by atoms with E-state index in [1.807, 2.05) is 4.90 Å². The molecule has 43 heavy (non-hydrogen) atoms. The molecule has 234 valence electrons. The molecule has 0 fully saturated rings. The number of ether oxygens (including phenoxy) is 3. The third-order valence-corrected chi connectivity index (χ3v) is 5.75. The summed E-state index contributed by atoms with van der Waals surface area (Å²) in [6.45, 7) is 15.2. The molecule has 0 saturated heterocycles. The number of non-ortho nitro benzene ring substituents is 1. The summed E-state index contributed by atoms with van der Waals surface area (Å²) in [5.41, 5.74) is -1.00. The maximum atomic E-state index is 13.3. The van der Waals surface area contributed by atoms with Crippen molar-refractivity contribution in [3.63, 3.8) is 0 Å². The fourth-order valence-electron chi connectivity index (χ4n) is 4.05. The first kappa shape index (κ1) is 33.0. The standard InChI is InChI=1S/C29H40N6O8/c1-27(2,3)41-24(36)33(16-17-34(25(37)42-28(4,5)6)26(38)43-29(7,8)9)23-13-12-22(30-31-23)32-15-14-19-18-20(35(39)40)10-11-21(19)32/h10-13,18H,14-17H2,1-9H3. The van der Waals surface area contributed by atoms with E-state index in [4.69, 9.17) is 14.2 Å². The number of amides is 3. The van der Waals surface area contributed by atoms with Crippen LogP contribution >= 0.6 is 0 Å². The van der Waals surface area contributed by atoms with Crippen molar-refractivity contribution >= 4 is 41.3 Å². The minimum atomic E-state index is -0.930. The van der Waals surface area contributed by atoms with Crippen LogP contribution in [-0.4, -0.2) is 74.7 Å². The number of hydrogen-bond acceptors (Lipinski definition) is 11. The van der Waals surface area contributed by atoms with Crippen molar-refractivity contribution in [2.24, 2.45) is 0 Å². The zero-order valence-corrected chi connectivity index (χ0v) is 26.2. The van der Waals surface area contributed by atoms with Gasteiger partial charge in [-0.05, 0) is 92.5 Å². The number of fused-ring (bicyclic) bond motifs is 1. The molecule has 1 aromatic heterocycles. The number of nitro benzene ring substituents is 1. The molecule has 1 aliphatic heterocycles. The Bertz CT molecular complexity index is 1330. The van der Waals surface area contributed by atoms with Gasteiger partial charge in [0.1, 0.15) is 16.8 Å². The van der Waals surface area contributed by atoms with Crippen LogP contribution in [0.15, 0.2) is 30.3 Å². The Kier molecular flexibility index (Phi) is 9.52. The van der Waals surface area contributed by atoms with Crippen molar-refractivity contribution < 1.29 is 33.5 Å². The largest absolute Gasteiger partial charge is 0.443 e. The van der Waals surface area contributed by atoms with Crippen molar-refractivity contribution in [1.29, 1.82) is 0 Å². The smallest absolute Gasteiger partial charge is 0.419 e.